The van der Waals surface area contributed by atoms with Crippen molar-refractivity contribution in [3.8, 4) is 0 Å². The van der Waals surface area contributed by atoms with E-state index in [0.29, 0.717) is 5.92 Å². The van der Waals surface area contributed by atoms with Crippen molar-refractivity contribution in [2.75, 3.05) is 33.7 Å². The van der Waals surface area contributed by atoms with Gasteiger partial charge in [0.05, 0.1) is 5.41 Å². The Bertz CT molecular complexity index is 307. The number of carbonyl (C=O) groups is 1. The Hall–Kier alpha value is -0.610. The summed E-state index contributed by atoms with van der Waals surface area (Å²) in [6.07, 6.45) is 1.18. The smallest absolute Gasteiger partial charge is 0.229 e. The second kappa shape index (κ2) is 5.17. The lowest BCUT2D eigenvalue weighted by Crippen LogP contribution is -2.56. The molecule has 1 heterocycles. The van der Waals surface area contributed by atoms with Gasteiger partial charge in [0, 0.05) is 25.7 Å². The minimum Gasteiger partial charge on any atom is -0.345 e. The lowest BCUT2D eigenvalue weighted by atomic mass is 9.74. The molecule has 0 spiro atoms. The molecule has 0 aliphatic carbocycles. The molecular weight excluding hydrogens is 226 g/mol. The molecule has 1 unspecified atom stereocenters. The average Bonchev–Trinajstić information content (AvgIpc) is 2.61. The van der Waals surface area contributed by atoms with Crippen LogP contribution in [0.4, 0.5) is 0 Å². The Balaban J connectivity index is 2.61. The van der Waals surface area contributed by atoms with Crippen molar-refractivity contribution in [1.82, 2.24) is 9.80 Å². The third-order valence-corrected chi connectivity index (χ3v) is 4.51. The summed E-state index contributed by atoms with van der Waals surface area (Å²) in [6, 6.07) is 0. The Labute approximate surface area is 111 Å². The SMILES string of the molecule is CN1CCC(CN(C)C(=O)C(C)(C)C(C)(C)N)C1. The van der Waals surface area contributed by atoms with Crippen LogP contribution in [-0.2, 0) is 4.79 Å². The van der Waals surface area contributed by atoms with Crippen LogP contribution >= 0.6 is 0 Å². The van der Waals surface area contributed by atoms with Gasteiger partial charge in [-0.2, -0.15) is 0 Å². The highest BCUT2D eigenvalue weighted by atomic mass is 16.2. The lowest BCUT2D eigenvalue weighted by Gasteiger charge is -2.40. The van der Waals surface area contributed by atoms with Crippen LogP contribution in [0.25, 0.3) is 0 Å². The fraction of sp³-hybridized carbons (Fsp3) is 0.929. The summed E-state index contributed by atoms with van der Waals surface area (Å²) in [5.74, 6) is 0.741. The van der Waals surface area contributed by atoms with Crippen LogP contribution in [0.3, 0.4) is 0 Å². The van der Waals surface area contributed by atoms with Crippen LogP contribution in [0.1, 0.15) is 34.1 Å². The topological polar surface area (TPSA) is 49.6 Å². The fourth-order valence-electron chi connectivity index (χ4n) is 2.40. The first-order valence-electron chi connectivity index (χ1n) is 6.78. The number of nitrogens with zero attached hydrogens (tertiary/aromatic N) is 2. The van der Waals surface area contributed by atoms with Crippen molar-refractivity contribution < 1.29 is 4.79 Å². The van der Waals surface area contributed by atoms with Crippen LogP contribution in [0.2, 0.25) is 0 Å². The molecule has 0 saturated carbocycles. The molecule has 0 radical (unpaired) electrons. The van der Waals surface area contributed by atoms with Crippen LogP contribution < -0.4 is 5.73 Å². The maximum absolute atomic E-state index is 12.5. The number of nitrogens with two attached hydrogens (primary N) is 1. The highest BCUT2D eigenvalue weighted by Crippen LogP contribution is 2.30. The first-order chi connectivity index (χ1) is 8.05. The number of rotatable bonds is 4. The van der Waals surface area contributed by atoms with Crippen molar-refractivity contribution >= 4 is 5.91 Å². The van der Waals surface area contributed by atoms with Crippen LogP contribution in [0, 0.1) is 11.3 Å². The van der Waals surface area contributed by atoms with E-state index in [1.165, 1.54) is 6.42 Å². The van der Waals surface area contributed by atoms with Crippen molar-refractivity contribution in [1.29, 1.82) is 0 Å². The van der Waals surface area contributed by atoms with E-state index in [0.717, 1.165) is 19.6 Å². The van der Waals surface area contributed by atoms with Gasteiger partial charge in [-0.3, -0.25) is 4.79 Å². The highest BCUT2D eigenvalue weighted by molar-refractivity contribution is 5.83. The minimum absolute atomic E-state index is 0.143. The quantitative estimate of drug-likeness (QED) is 0.820. The fourth-order valence-corrected chi connectivity index (χ4v) is 2.40. The van der Waals surface area contributed by atoms with Gasteiger partial charge in [0.1, 0.15) is 0 Å². The highest BCUT2D eigenvalue weighted by Gasteiger charge is 2.42. The van der Waals surface area contributed by atoms with E-state index in [1.54, 1.807) is 0 Å². The molecule has 0 aromatic heterocycles. The number of hydrogen-bond donors (Lipinski definition) is 1. The molecule has 106 valence electrons. The van der Waals surface area contributed by atoms with Gasteiger partial charge >= 0.3 is 0 Å². The van der Waals surface area contributed by atoms with E-state index in [4.69, 9.17) is 5.73 Å². The molecule has 1 atom stereocenters. The van der Waals surface area contributed by atoms with E-state index >= 15 is 0 Å². The molecule has 1 rings (SSSR count). The molecule has 1 fully saturated rings. The normalized spacial score (nSPS) is 22.3. The maximum Gasteiger partial charge on any atom is 0.229 e. The molecule has 1 saturated heterocycles. The van der Waals surface area contributed by atoms with Gasteiger partial charge in [0.25, 0.3) is 0 Å². The monoisotopic (exact) mass is 255 g/mol. The second-order valence-corrected chi connectivity index (χ2v) is 6.95. The lowest BCUT2D eigenvalue weighted by molar-refractivity contribution is -0.142. The van der Waals surface area contributed by atoms with Crippen LogP contribution in [0.5, 0.6) is 0 Å². The third kappa shape index (κ3) is 3.23. The van der Waals surface area contributed by atoms with Gasteiger partial charge < -0.3 is 15.5 Å². The third-order valence-electron chi connectivity index (χ3n) is 4.51. The molecule has 4 heteroatoms. The molecule has 2 N–H and O–H groups in total. The summed E-state index contributed by atoms with van der Waals surface area (Å²) in [7, 11) is 4.03. The number of amides is 1. The minimum atomic E-state index is -0.535. The van der Waals surface area contributed by atoms with Gasteiger partial charge in [-0.15, -0.1) is 0 Å². The van der Waals surface area contributed by atoms with Gasteiger partial charge in [-0.25, -0.2) is 0 Å². The Kier molecular flexibility index (Phi) is 4.44. The zero-order valence-corrected chi connectivity index (χ0v) is 12.8. The summed E-state index contributed by atoms with van der Waals surface area (Å²) in [5.41, 5.74) is 5.08. The van der Waals surface area contributed by atoms with E-state index < -0.39 is 11.0 Å². The summed E-state index contributed by atoms with van der Waals surface area (Å²) < 4.78 is 0. The van der Waals surface area contributed by atoms with Crippen molar-refractivity contribution in [2.45, 2.75) is 39.7 Å². The summed E-state index contributed by atoms with van der Waals surface area (Å²) in [4.78, 5) is 16.7. The largest absolute Gasteiger partial charge is 0.345 e. The van der Waals surface area contributed by atoms with Crippen molar-refractivity contribution in [2.24, 2.45) is 17.1 Å². The molecule has 4 nitrogen and oxygen atoms in total. The van der Waals surface area contributed by atoms with E-state index in [1.807, 2.05) is 39.6 Å². The molecule has 1 aliphatic heterocycles. The molecule has 0 bridgehead atoms. The molecule has 1 aliphatic rings. The zero-order valence-electron chi connectivity index (χ0n) is 12.8. The van der Waals surface area contributed by atoms with Gasteiger partial charge in [0.2, 0.25) is 5.91 Å². The standard InChI is InChI=1S/C14H29N3O/c1-13(2,14(3,4)15)12(18)17(6)10-11-7-8-16(5)9-11/h11H,7-10,15H2,1-6H3. The molecule has 0 aromatic rings. The summed E-state index contributed by atoms with van der Waals surface area (Å²) in [6.45, 7) is 10.8. The zero-order chi connectivity index (χ0) is 14.1. The predicted octanol–water partition coefficient (Wildman–Crippen LogP) is 1.16. The van der Waals surface area contributed by atoms with Crippen molar-refractivity contribution in [3.63, 3.8) is 0 Å². The maximum atomic E-state index is 12.5. The van der Waals surface area contributed by atoms with E-state index in [2.05, 4.69) is 11.9 Å². The average molecular weight is 255 g/mol. The van der Waals surface area contributed by atoms with Gasteiger partial charge in [-0.05, 0) is 53.6 Å². The Morgan fingerprint density at radius 2 is 1.94 bits per heavy atom. The predicted molar refractivity (Wildman–Crippen MR) is 75.3 cm³/mol. The van der Waals surface area contributed by atoms with E-state index in [-0.39, 0.29) is 5.91 Å². The van der Waals surface area contributed by atoms with E-state index in [9.17, 15) is 4.79 Å². The summed E-state index contributed by atoms with van der Waals surface area (Å²) >= 11 is 0. The first-order valence-corrected chi connectivity index (χ1v) is 6.78. The molecule has 0 aromatic carbocycles. The van der Waals surface area contributed by atoms with Crippen molar-refractivity contribution in [3.05, 3.63) is 0 Å². The molecular formula is C14H29N3O. The summed E-state index contributed by atoms with van der Waals surface area (Å²) in [5, 5.41) is 0. The second-order valence-electron chi connectivity index (χ2n) is 6.95. The van der Waals surface area contributed by atoms with Gasteiger partial charge in [-0.1, -0.05) is 0 Å². The Morgan fingerprint density at radius 3 is 2.33 bits per heavy atom. The number of carbonyl (C=O) groups excluding carboxylic acids is 1. The first kappa shape index (κ1) is 15.4. The number of likely N-dealkylation sites (tertiary alicyclic amines) is 1. The van der Waals surface area contributed by atoms with Crippen LogP contribution in [-0.4, -0.2) is 55.0 Å². The Morgan fingerprint density at radius 1 is 1.39 bits per heavy atom. The molecule has 18 heavy (non-hydrogen) atoms. The van der Waals surface area contributed by atoms with Gasteiger partial charge in [0.15, 0.2) is 0 Å². The molecule has 1 amide bonds. The number of hydrogen-bond acceptors (Lipinski definition) is 3. The van der Waals surface area contributed by atoms with Crippen LogP contribution in [0.15, 0.2) is 0 Å².